The molecular weight excluding hydrogens is 403 g/mol. The zero-order chi connectivity index (χ0) is 21.8. The van der Waals surface area contributed by atoms with E-state index in [9.17, 15) is 19.3 Å². The molecule has 31 heavy (non-hydrogen) atoms. The number of aryl methyl sites for hydroxylation is 1. The molecule has 2 heterocycles. The van der Waals surface area contributed by atoms with Crippen molar-refractivity contribution in [2.24, 2.45) is 0 Å². The minimum Gasteiger partial charge on any atom is -0.371 e. The second-order valence-corrected chi connectivity index (χ2v) is 7.27. The molecule has 0 saturated heterocycles. The third-order valence-electron chi connectivity index (χ3n) is 5.15. The second kappa shape index (κ2) is 8.90. The average Bonchev–Trinajstić information content (AvgIpc) is 3.02. The van der Waals surface area contributed by atoms with Gasteiger partial charge >= 0.3 is 0 Å². The molecule has 0 aliphatic carbocycles. The molecule has 1 aliphatic rings. The summed E-state index contributed by atoms with van der Waals surface area (Å²) in [6, 6.07) is 10.4. The number of fused-ring (bicyclic) bond motifs is 1. The van der Waals surface area contributed by atoms with E-state index in [0.717, 1.165) is 38.1 Å². The lowest BCUT2D eigenvalue weighted by atomic mass is 10.1. The van der Waals surface area contributed by atoms with Crippen LogP contribution in [0.1, 0.15) is 25.1 Å². The summed E-state index contributed by atoms with van der Waals surface area (Å²) in [4.78, 5) is 22.9. The first-order chi connectivity index (χ1) is 15.0. The Morgan fingerprint density at radius 1 is 1.13 bits per heavy atom. The van der Waals surface area contributed by atoms with Crippen LogP contribution in [-0.2, 0) is 17.8 Å². The largest absolute Gasteiger partial charge is 0.371 e. The molecule has 1 aliphatic heterocycles. The maximum absolute atomic E-state index is 14.3. The normalized spacial score (nSPS) is 13.2. The summed E-state index contributed by atoms with van der Waals surface area (Å²) >= 11 is 0. The van der Waals surface area contributed by atoms with Gasteiger partial charge in [0.1, 0.15) is 17.3 Å². The Hall–Kier alpha value is -3.82. The molecule has 4 rings (SSSR count). The number of nitrogens with one attached hydrogen (secondary N) is 2. The molecule has 0 spiro atoms. The lowest BCUT2D eigenvalue weighted by Gasteiger charge is -2.11. The highest BCUT2D eigenvalue weighted by Crippen LogP contribution is 2.27. The van der Waals surface area contributed by atoms with Crippen molar-refractivity contribution in [3.63, 3.8) is 0 Å². The number of hydrogen-bond acceptors (Lipinski definition) is 6. The maximum atomic E-state index is 14.3. The van der Waals surface area contributed by atoms with Gasteiger partial charge in [-0.2, -0.15) is 0 Å². The van der Waals surface area contributed by atoms with Gasteiger partial charge in [-0.25, -0.2) is 4.39 Å². The smallest absolute Gasteiger partial charge is 0.292 e. The summed E-state index contributed by atoms with van der Waals surface area (Å²) in [6.07, 6.45) is 4.07. The molecule has 10 heteroatoms. The number of benzene rings is 2. The molecule has 0 bridgehead atoms. The highest BCUT2D eigenvalue weighted by Gasteiger charge is 2.18. The summed E-state index contributed by atoms with van der Waals surface area (Å²) in [5.74, 6) is 0.439. The van der Waals surface area contributed by atoms with Crippen LogP contribution in [0.2, 0.25) is 0 Å². The van der Waals surface area contributed by atoms with Crippen LogP contribution in [0.25, 0.3) is 11.4 Å². The number of rotatable bonds is 6. The summed E-state index contributed by atoms with van der Waals surface area (Å²) in [5.41, 5.74) is 0.737. The molecule has 1 amide bonds. The first-order valence-corrected chi connectivity index (χ1v) is 10.0. The van der Waals surface area contributed by atoms with E-state index in [0.29, 0.717) is 11.4 Å². The van der Waals surface area contributed by atoms with E-state index in [1.165, 1.54) is 30.3 Å². The molecule has 0 atom stereocenters. The standard InChI is InChI=1S/C21H21FN6O3/c22-15-10-9-14(21-26-25-19-8-2-1-5-11-27(19)21)12-17(15)24-20(29)13-23-16-6-3-4-7-18(16)28(30)31/h3-4,6-7,9-10,12,23H,1-2,5,8,11,13H2,(H,24,29). The van der Waals surface area contributed by atoms with Gasteiger partial charge in [-0.05, 0) is 37.1 Å². The van der Waals surface area contributed by atoms with E-state index >= 15 is 0 Å². The van der Waals surface area contributed by atoms with E-state index in [-0.39, 0.29) is 23.6 Å². The van der Waals surface area contributed by atoms with Crippen LogP contribution in [0, 0.1) is 15.9 Å². The van der Waals surface area contributed by atoms with Gasteiger partial charge in [0.15, 0.2) is 5.82 Å². The molecule has 0 radical (unpaired) electrons. The number of amides is 1. The van der Waals surface area contributed by atoms with Crippen molar-refractivity contribution in [2.75, 3.05) is 17.2 Å². The van der Waals surface area contributed by atoms with Gasteiger partial charge in [-0.3, -0.25) is 14.9 Å². The Balaban J connectivity index is 1.49. The first-order valence-electron chi connectivity index (χ1n) is 10.0. The topological polar surface area (TPSA) is 115 Å². The first kappa shape index (κ1) is 20.5. The number of nitro benzene ring substituents is 1. The lowest BCUT2D eigenvalue weighted by molar-refractivity contribution is -0.383. The molecule has 2 N–H and O–H groups in total. The van der Waals surface area contributed by atoms with Crippen LogP contribution in [0.3, 0.4) is 0 Å². The van der Waals surface area contributed by atoms with Crippen LogP contribution in [0.5, 0.6) is 0 Å². The molecule has 0 saturated carbocycles. The van der Waals surface area contributed by atoms with Crippen molar-refractivity contribution in [1.82, 2.24) is 14.8 Å². The number of hydrogen-bond donors (Lipinski definition) is 2. The van der Waals surface area contributed by atoms with Crippen LogP contribution in [-0.4, -0.2) is 32.1 Å². The van der Waals surface area contributed by atoms with Crippen molar-refractivity contribution in [3.8, 4) is 11.4 Å². The van der Waals surface area contributed by atoms with E-state index in [4.69, 9.17) is 0 Å². The maximum Gasteiger partial charge on any atom is 0.292 e. The van der Waals surface area contributed by atoms with Crippen LogP contribution in [0.15, 0.2) is 42.5 Å². The Morgan fingerprint density at radius 2 is 1.97 bits per heavy atom. The fourth-order valence-corrected chi connectivity index (χ4v) is 3.61. The number of carbonyl (C=O) groups excluding carboxylic acids is 1. The van der Waals surface area contributed by atoms with Crippen LogP contribution < -0.4 is 10.6 Å². The van der Waals surface area contributed by atoms with Crippen molar-refractivity contribution in [3.05, 3.63) is 64.2 Å². The Morgan fingerprint density at radius 3 is 2.81 bits per heavy atom. The van der Waals surface area contributed by atoms with Crippen molar-refractivity contribution in [2.45, 2.75) is 32.2 Å². The molecule has 9 nitrogen and oxygen atoms in total. The number of carbonyl (C=O) groups is 1. The van der Waals surface area contributed by atoms with Crippen molar-refractivity contribution in [1.29, 1.82) is 0 Å². The van der Waals surface area contributed by atoms with E-state index < -0.39 is 16.6 Å². The molecule has 1 aromatic heterocycles. The quantitative estimate of drug-likeness (QED) is 0.460. The van der Waals surface area contributed by atoms with E-state index in [2.05, 4.69) is 20.8 Å². The summed E-state index contributed by atoms with van der Waals surface area (Å²) < 4.78 is 16.4. The van der Waals surface area contributed by atoms with E-state index in [1.54, 1.807) is 12.1 Å². The zero-order valence-electron chi connectivity index (χ0n) is 16.7. The molecule has 160 valence electrons. The van der Waals surface area contributed by atoms with Crippen molar-refractivity contribution < 1.29 is 14.1 Å². The third-order valence-corrected chi connectivity index (χ3v) is 5.15. The number of nitro groups is 1. The molecule has 2 aromatic carbocycles. The second-order valence-electron chi connectivity index (χ2n) is 7.27. The number of para-hydroxylation sites is 2. The highest BCUT2D eigenvalue weighted by atomic mass is 19.1. The fraction of sp³-hybridized carbons (Fsp3) is 0.286. The zero-order valence-corrected chi connectivity index (χ0v) is 16.7. The van der Waals surface area contributed by atoms with Crippen LogP contribution >= 0.6 is 0 Å². The average molecular weight is 424 g/mol. The number of nitrogens with zero attached hydrogens (tertiary/aromatic N) is 4. The molecule has 0 unspecified atom stereocenters. The van der Waals surface area contributed by atoms with Crippen LogP contribution in [0.4, 0.5) is 21.5 Å². The van der Waals surface area contributed by atoms with E-state index in [1.807, 2.05) is 4.57 Å². The predicted molar refractivity (Wildman–Crippen MR) is 113 cm³/mol. The lowest BCUT2D eigenvalue weighted by Crippen LogP contribution is -2.22. The van der Waals surface area contributed by atoms with Gasteiger partial charge in [-0.15, -0.1) is 10.2 Å². The van der Waals surface area contributed by atoms with Crippen molar-refractivity contribution >= 4 is 23.0 Å². The summed E-state index contributed by atoms with van der Waals surface area (Å²) in [6.45, 7) is 0.547. The minimum atomic E-state index is -0.585. The monoisotopic (exact) mass is 424 g/mol. The predicted octanol–water partition coefficient (Wildman–Crippen LogP) is 3.77. The van der Waals surface area contributed by atoms with Gasteiger partial charge in [-0.1, -0.05) is 18.6 Å². The summed E-state index contributed by atoms with van der Waals surface area (Å²) in [5, 5.41) is 24.8. The Bertz CT molecular complexity index is 1130. The SMILES string of the molecule is O=C(CNc1ccccc1[N+](=O)[O-])Nc1cc(-c2nnc3n2CCCCC3)ccc1F. The number of aromatic nitrogens is 3. The van der Waals surface area contributed by atoms with Gasteiger partial charge < -0.3 is 15.2 Å². The van der Waals surface area contributed by atoms with Gasteiger partial charge in [0.25, 0.3) is 5.69 Å². The summed E-state index contributed by atoms with van der Waals surface area (Å²) in [7, 11) is 0. The highest BCUT2D eigenvalue weighted by molar-refractivity contribution is 5.94. The molecular formula is C21H21FN6O3. The Kier molecular flexibility index (Phi) is 5.87. The third kappa shape index (κ3) is 4.52. The van der Waals surface area contributed by atoms with Gasteiger partial charge in [0.05, 0.1) is 17.2 Å². The van der Waals surface area contributed by atoms with Gasteiger partial charge in [0.2, 0.25) is 5.91 Å². The van der Waals surface area contributed by atoms with Gasteiger partial charge in [0, 0.05) is 24.6 Å². The minimum absolute atomic E-state index is 0.0119. The molecule has 0 fully saturated rings. The Labute approximate surface area is 177 Å². The fourth-order valence-electron chi connectivity index (χ4n) is 3.61. The molecule has 3 aromatic rings. The number of anilines is 2. The number of halogens is 1.